The maximum atomic E-state index is 11.8. The van der Waals surface area contributed by atoms with E-state index in [1.54, 1.807) is 18.2 Å². The fraction of sp³-hybridized carbons (Fsp3) is 0.385. The number of benzene rings is 1. The molecule has 1 aromatic carbocycles. The standard InChI is InChI=1S/C13H19N5O2/c1-18(8-13(19)15-3-4-20-2)12-6-11-9(5-10(12)14)7-16-17-11/h5-7H,3-4,8,14H2,1-2H3,(H,15,19)(H,16,17). The molecule has 0 unspecified atom stereocenters. The largest absolute Gasteiger partial charge is 0.397 e. The number of anilines is 2. The zero-order chi connectivity index (χ0) is 14.5. The van der Waals surface area contributed by atoms with E-state index in [9.17, 15) is 4.79 Å². The lowest BCUT2D eigenvalue weighted by Gasteiger charge is -2.20. The van der Waals surface area contributed by atoms with Crippen LogP contribution in [0, 0.1) is 0 Å². The first-order valence-electron chi connectivity index (χ1n) is 6.31. The molecule has 0 bridgehead atoms. The number of carbonyl (C=O) groups is 1. The number of rotatable bonds is 6. The second kappa shape index (κ2) is 6.25. The molecule has 2 aromatic rings. The Morgan fingerprint density at radius 2 is 2.35 bits per heavy atom. The SMILES string of the molecule is COCCNC(=O)CN(C)c1cc2[nH]ncc2cc1N. The molecule has 0 spiro atoms. The van der Waals surface area contributed by atoms with Crippen molar-refractivity contribution < 1.29 is 9.53 Å². The van der Waals surface area contributed by atoms with Crippen molar-refractivity contribution >= 4 is 28.2 Å². The van der Waals surface area contributed by atoms with Gasteiger partial charge in [0.2, 0.25) is 5.91 Å². The van der Waals surface area contributed by atoms with Crippen molar-refractivity contribution in [2.75, 3.05) is 44.5 Å². The average molecular weight is 277 g/mol. The van der Waals surface area contributed by atoms with Crippen molar-refractivity contribution in [1.82, 2.24) is 15.5 Å². The molecule has 0 aliphatic rings. The number of nitrogens with one attached hydrogen (secondary N) is 2. The summed E-state index contributed by atoms with van der Waals surface area (Å²) in [6, 6.07) is 3.73. The van der Waals surface area contributed by atoms with Crippen molar-refractivity contribution in [2.45, 2.75) is 0 Å². The van der Waals surface area contributed by atoms with E-state index in [0.717, 1.165) is 16.6 Å². The quantitative estimate of drug-likeness (QED) is 0.523. The van der Waals surface area contributed by atoms with E-state index >= 15 is 0 Å². The maximum absolute atomic E-state index is 11.8. The normalized spacial score (nSPS) is 10.7. The molecule has 0 radical (unpaired) electrons. The summed E-state index contributed by atoms with van der Waals surface area (Å²) in [4.78, 5) is 13.6. The first-order valence-corrected chi connectivity index (χ1v) is 6.31. The van der Waals surface area contributed by atoms with E-state index in [-0.39, 0.29) is 12.5 Å². The Labute approximate surface area is 117 Å². The first kappa shape index (κ1) is 14.1. The summed E-state index contributed by atoms with van der Waals surface area (Å²) in [5.74, 6) is -0.0753. The molecule has 0 atom stereocenters. The topological polar surface area (TPSA) is 96.3 Å². The summed E-state index contributed by atoms with van der Waals surface area (Å²) < 4.78 is 4.88. The van der Waals surface area contributed by atoms with Crippen LogP contribution >= 0.6 is 0 Å². The van der Waals surface area contributed by atoms with Gasteiger partial charge in [0.15, 0.2) is 0 Å². The highest BCUT2D eigenvalue weighted by molar-refractivity contribution is 5.90. The Hall–Kier alpha value is -2.28. The number of nitrogens with zero attached hydrogens (tertiary/aromatic N) is 2. The molecule has 7 nitrogen and oxygen atoms in total. The highest BCUT2D eigenvalue weighted by atomic mass is 16.5. The lowest BCUT2D eigenvalue weighted by atomic mass is 10.2. The van der Waals surface area contributed by atoms with Gasteiger partial charge in [0.05, 0.1) is 36.2 Å². The molecule has 0 fully saturated rings. The molecule has 108 valence electrons. The van der Waals surface area contributed by atoms with E-state index in [0.29, 0.717) is 18.8 Å². The Bertz CT molecular complexity index is 595. The zero-order valence-electron chi connectivity index (χ0n) is 11.6. The van der Waals surface area contributed by atoms with Crippen molar-refractivity contribution in [2.24, 2.45) is 0 Å². The maximum Gasteiger partial charge on any atom is 0.239 e. The van der Waals surface area contributed by atoms with E-state index in [4.69, 9.17) is 10.5 Å². The highest BCUT2D eigenvalue weighted by Crippen LogP contribution is 2.27. The van der Waals surface area contributed by atoms with Gasteiger partial charge >= 0.3 is 0 Å². The molecule has 7 heteroatoms. The van der Waals surface area contributed by atoms with Gasteiger partial charge in [-0.15, -0.1) is 0 Å². The number of fused-ring (bicyclic) bond motifs is 1. The molecule has 0 aliphatic heterocycles. The van der Waals surface area contributed by atoms with Crippen LogP contribution in [0.15, 0.2) is 18.3 Å². The molecule has 0 saturated heterocycles. The van der Waals surface area contributed by atoms with Crippen molar-refractivity contribution in [1.29, 1.82) is 0 Å². The van der Waals surface area contributed by atoms with Gasteiger partial charge in [-0.2, -0.15) is 5.10 Å². The van der Waals surface area contributed by atoms with Gasteiger partial charge in [0.25, 0.3) is 0 Å². The molecule has 1 heterocycles. The summed E-state index contributed by atoms with van der Waals surface area (Å²) in [6.45, 7) is 1.23. The number of nitrogen functional groups attached to an aromatic ring is 1. The van der Waals surface area contributed by atoms with Crippen LogP contribution in [0.4, 0.5) is 11.4 Å². The second-order valence-electron chi connectivity index (χ2n) is 4.57. The summed E-state index contributed by atoms with van der Waals surface area (Å²) in [7, 11) is 3.42. The first-order chi connectivity index (χ1) is 9.61. The van der Waals surface area contributed by atoms with Crippen molar-refractivity contribution in [3.63, 3.8) is 0 Å². The molecule has 4 N–H and O–H groups in total. The summed E-state index contributed by atoms with van der Waals surface area (Å²) in [5, 5.41) is 10.6. The summed E-state index contributed by atoms with van der Waals surface area (Å²) in [6.07, 6.45) is 1.72. The number of H-pyrrole nitrogens is 1. The van der Waals surface area contributed by atoms with Gasteiger partial charge in [-0.05, 0) is 12.1 Å². The second-order valence-corrected chi connectivity index (χ2v) is 4.57. The zero-order valence-corrected chi connectivity index (χ0v) is 11.6. The van der Waals surface area contributed by atoms with Gasteiger partial charge in [-0.3, -0.25) is 9.89 Å². The van der Waals surface area contributed by atoms with Crippen LogP contribution in [-0.2, 0) is 9.53 Å². The van der Waals surface area contributed by atoms with Gasteiger partial charge < -0.3 is 20.7 Å². The Balaban J connectivity index is 2.04. The van der Waals surface area contributed by atoms with E-state index < -0.39 is 0 Å². The molecule has 1 amide bonds. The number of carbonyl (C=O) groups excluding carboxylic acids is 1. The van der Waals surface area contributed by atoms with Gasteiger partial charge in [-0.1, -0.05) is 0 Å². The van der Waals surface area contributed by atoms with E-state index in [2.05, 4.69) is 15.5 Å². The number of aromatic nitrogens is 2. The number of amides is 1. The minimum atomic E-state index is -0.0753. The predicted octanol–water partition coefficient (Wildman–Crippen LogP) is 0.344. The minimum absolute atomic E-state index is 0.0753. The average Bonchev–Trinajstić information content (AvgIpc) is 2.84. The van der Waals surface area contributed by atoms with Crippen LogP contribution in [0.25, 0.3) is 10.9 Å². The van der Waals surface area contributed by atoms with Gasteiger partial charge in [-0.25, -0.2) is 0 Å². The van der Waals surface area contributed by atoms with Crippen LogP contribution < -0.4 is 16.0 Å². The number of hydrogen-bond donors (Lipinski definition) is 3. The number of aromatic amines is 1. The molecule has 0 aliphatic carbocycles. The molecule has 2 rings (SSSR count). The third kappa shape index (κ3) is 3.18. The molecular weight excluding hydrogens is 258 g/mol. The number of hydrogen-bond acceptors (Lipinski definition) is 5. The Kier molecular flexibility index (Phi) is 4.41. The van der Waals surface area contributed by atoms with E-state index in [1.807, 2.05) is 19.2 Å². The van der Waals surface area contributed by atoms with E-state index in [1.165, 1.54) is 0 Å². The van der Waals surface area contributed by atoms with Crippen LogP contribution in [-0.4, -0.2) is 50.0 Å². The van der Waals surface area contributed by atoms with Gasteiger partial charge in [0.1, 0.15) is 0 Å². The third-order valence-corrected chi connectivity index (χ3v) is 3.01. The lowest BCUT2D eigenvalue weighted by Crippen LogP contribution is -2.36. The van der Waals surface area contributed by atoms with Crippen LogP contribution in [0.1, 0.15) is 0 Å². The van der Waals surface area contributed by atoms with Crippen LogP contribution in [0.3, 0.4) is 0 Å². The number of likely N-dealkylation sites (N-methyl/N-ethyl adjacent to an activating group) is 1. The number of methoxy groups -OCH3 is 1. The highest BCUT2D eigenvalue weighted by Gasteiger charge is 2.11. The minimum Gasteiger partial charge on any atom is -0.397 e. The van der Waals surface area contributed by atoms with Crippen molar-refractivity contribution in [3.8, 4) is 0 Å². The Morgan fingerprint density at radius 3 is 3.10 bits per heavy atom. The molecule has 0 saturated carbocycles. The molecule has 1 aromatic heterocycles. The summed E-state index contributed by atoms with van der Waals surface area (Å²) in [5.41, 5.74) is 8.31. The van der Waals surface area contributed by atoms with Crippen LogP contribution in [0.5, 0.6) is 0 Å². The Morgan fingerprint density at radius 1 is 1.55 bits per heavy atom. The predicted molar refractivity (Wildman–Crippen MR) is 78.7 cm³/mol. The van der Waals surface area contributed by atoms with Crippen LogP contribution in [0.2, 0.25) is 0 Å². The molecular formula is C13H19N5O2. The smallest absolute Gasteiger partial charge is 0.239 e. The fourth-order valence-electron chi connectivity index (χ4n) is 1.98. The number of ether oxygens (including phenoxy) is 1. The number of nitrogens with two attached hydrogens (primary N) is 1. The fourth-order valence-corrected chi connectivity index (χ4v) is 1.98. The summed E-state index contributed by atoms with van der Waals surface area (Å²) >= 11 is 0. The van der Waals surface area contributed by atoms with Crippen molar-refractivity contribution in [3.05, 3.63) is 18.3 Å². The lowest BCUT2D eigenvalue weighted by molar-refractivity contribution is -0.119. The third-order valence-electron chi connectivity index (χ3n) is 3.01. The molecule has 20 heavy (non-hydrogen) atoms. The van der Waals surface area contributed by atoms with Gasteiger partial charge in [0, 0.05) is 26.1 Å². The monoisotopic (exact) mass is 277 g/mol.